The topological polar surface area (TPSA) is 24.8 Å². The van der Waals surface area contributed by atoms with Crippen LogP contribution in [0.15, 0.2) is 51.9 Å². The number of ether oxygens (including phenoxy) is 1. The number of nitrogens with zero attached hydrogens (tertiary/aromatic N) is 2. The standard InChI is InChI=1S/C20H20BrF3N2O/c1-3-27-12-14-11-25-19(15-6-4-5-7-17(15)20(22,23)24)16-10-13(21)8-9-18(16)26(14)2/h4-10,14H,3,11-12H2,1-2H3. The van der Waals surface area contributed by atoms with Crippen molar-refractivity contribution in [3.63, 3.8) is 0 Å². The van der Waals surface area contributed by atoms with Crippen molar-refractivity contribution in [1.82, 2.24) is 0 Å². The Labute approximate surface area is 165 Å². The third-order valence-corrected chi connectivity index (χ3v) is 5.10. The fourth-order valence-corrected chi connectivity index (χ4v) is 3.55. The average Bonchev–Trinajstić information content (AvgIpc) is 2.76. The molecule has 3 nitrogen and oxygen atoms in total. The molecule has 1 unspecified atom stereocenters. The Balaban J connectivity index is 2.17. The van der Waals surface area contributed by atoms with Gasteiger partial charge in [-0.1, -0.05) is 34.1 Å². The molecule has 1 aliphatic rings. The summed E-state index contributed by atoms with van der Waals surface area (Å²) in [5.74, 6) is 0. The highest BCUT2D eigenvalue weighted by atomic mass is 79.9. The number of rotatable bonds is 4. The van der Waals surface area contributed by atoms with Gasteiger partial charge in [-0.05, 0) is 31.2 Å². The number of fused-ring (bicyclic) bond motifs is 1. The first kappa shape index (κ1) is 19.9. The van der Waals surface area contributed by atoms with Gasteiger partial charge in [0.15, 0.2) is 0 Å². The van der Waals surface area contributed by atoms with Crippen LogP contribution in [0.4, 0.5) is 18.9 Å². The van der Waals surface area contributed by atoms with Crippen molar-refractivity contribution in [1.29, 1.82) is 0 Å². The molecule has 1 atom stereocenters. The number of anilines is 1. The van der Waals surface area contributed by atoms with Gasteiger partial charge in [-0.2, -0.15) is 13.2 Å². The monoisotopic (exact) mass is 440 g/mol. The molecule has 2 aromatic carbocycles. The molecule has 3 rings (SSSR count). The van der Waals surface area contributed by atoms with Crippen molar-refractivity contribution in [2.24, 2.45) is 4.99 Å². The lowest BCUT2D eigenvalue weighted by atomic mass is 9.96. The van der Waals surface area contributed by atoms with Crippen LogP contribution < -0.4 is 4.90 Å². The second-order valence-corrected chi connectivity index (χ2v) is 7.23. The van der Waals surface area contributed by atoms with E-state index in [4.69, 9.17) is 4.74 Å². The summed E-state index contributed by atoms with van der Waals surface area (Å²) >= 11 is 3.43. The number of hydrogen-bond donors (Lipinski definition) is 0. The predicted molar refractivity (Wildman–Crippen MR) is 105 cm³/mol. The lowest BCUT2D eigenvalue weighted by molar-refractivity contribution is -0.137. The molecular weight excluding hydrogens is 421 g/mol. The number of likely N-dealkylation sites (N-methyl/N-ethyl adjacent to an activating group) is 1. The SMILES string of the molecule is CCOCC1CN=C(c2ccccc2C(F)(F)F)c2cc(Br)ccc2N1C. The quantitative estimate of drug-likeness (QED) is 0.655. The first-order valence-electron chi connectivity index (χ1n) is 8.64. The average molecular weight is 441 g/mol. The van der Waals surface area contributed by atoms with Crippen LogP contribution in [0.25, 0.3) is 0 Å². The predicted octanol–water partition coefficient (Wildman–Crippen LogP) is 5.16. The normalized spacial score (nSPS) is 17.3. The summed E-state index contributed by atoms with van der Waals surface area (Å²) in [6, 6.07) is 11.1. The molecule has 27 heavy (non-hydrogen) atoms. The van der Waals surface area contributed by atoms with E-state index in [1.54, 1.807) is 6.07 Å². The second kappa shape index (κ2) is 8.02. The third-order valence-electron chi connectivity index (χ3n) is 4.60. The highest BCUT2D eigenvalue weighted by molar-refractivity contribution is 9.10. The molecule has 0 N–H and O–H groups in total. The Morgan fingerprint density at radius 1 is 1.19 bits per heavy atom. The van der Waals surface area contributed by atoms with Crippen LogP contribution in [0.3, 0.4) is 0 Å². The molecule has 1 heterocycles. The Bertz CT molecular complexity index is 851. The van der Waals surface area contributed by atoms with Crippen LogP contribution in [0.1, 0.15) is 23.6 Å². The summed E-state index contributed by atoms with van der Waals surface area (Å²) in [5.41, 5.74) is 1.26. The van der Waals surface area contributed by atoms with Crippen molar-refractivity contribution in [2.75, 3.05) is 31.7 Å². The number of benzodiazepines with no additional fused rings is 1. The smallest absolute Gasteiger partial charge is 0.380 e. The number of hydrogen-bond acceptors (Lipinski definition) is 3. The highest BCUT2D eigenvalue weighted by Crippen LogP contribution is 2.36. The van der Waals surface area contributed by atoms with Gasteiger partial charge >= 0.3 is 6.18 Å². The van der Waals surface area contributed by atoms with Crippen LogP contribution in [-0.2, 0) is 10.9 Å². The Morgan fingerprint density at radius 3 is 2.63 bits per heavy atom. The van der Waals surface area contributed by atoms with Crippen LogP contribution in [0.5, 0.6) is 0 Å². The molecule has 0 aromatic heterocycles. The first-order chi connectivity index (χ1) is 12.8. The zero-order chi connectivity index (χ0) is 19.6. The van der Waals surface area contributed by atoms with E-state index in [1.165, 1.54) is 12.1 Å². The third kappa shape index (κ3) is 4.19. The molecule has 0 aliphatic carbocycles. The number of halogens is 4. The second-order valence-electron chi connectivity index (χ2n) is 6.32. The summed E-state index contributed by atoms with van der Waals surface area (Å²) in [6.45, 7) is 3.30. The summed E-state index contributed by atoms with van der Waals surface area (Å²) < 4.78 is 47.1. The Hall–Kier alpha value is -1.86. The molecule has 144 valence electrons. The minimum atomic E-state index is -4.45. The summed E-state index contributed by atoms with van der Waals surface area (Å²) in [5, 5.41) is 0. The number of aliphatic imine (C=N–C) groups is 1. The van der Waals surface area contributed by atoms with E-state index >= 15 is 0 Å². The van der Waals surface area contributed by atoms with E-state index in [9.17, 15) is 13.2 Å². The van der Waals surface area contributed by atoms with Crippen molar-refractivity contribution in [3.8, 4) is 0 Å². The first-order valence-corrected chi connectivity index (χ1v) is 9.43. The summed E-state index contributed by atoms with van der Waals surface area (Å²) in [6.07, 6.45) is -4.45. The van der Waals surface area contributed by atoms with E-state index in [1.807, 2.05) is 37.1 Å². The molecule has 0 bridgehead atoms. The molecule has 0 radical (unpaired) electrons. The zero-order valence-corrected chi connectivity index (χ0v) is 16.6. The number of benzene rings is 2. The van der Waals surface area contributed by atoms with Gasteiger partial charge in [0.05, 0.1) is 30.5 Å². The van der Waals surface area contributed by atoms with E-state index in [-0.39, 0.29) is 11.6 Å². The maximum atomic E-state index is 13.6. The minimum Gasteiger partial charge on any atom is -0.380 e. The van der Waals surface area contributed by atoms with Crippen LogP contribution in [0, 0.1) is 0 Å². The van der Waals surface area contributed by atoms with Crippen LogP contribution in [-0.4, -0.2) is 38.6 Å². The van der Waals surface area contributed by atoms with Crippen molar-refractivity contribution in [2.45, 2.75) is 19.1 Å². The van der Waals surface area contributed by atoms with Crippen molar-refractivity contribution >= 4 is 27.3 Å². The Kier molecular flexibility index (Phi) is 5.91. The maximum Gasteiger partial charge on any atom is 0.417 e. The molecule has 0 saturated heterocycles. The van der Waals surface area contributed by atoms with Gasteiger partial charge in [0, 0.05) is 34.9 Å². The molecule has 2 aromatic rings. The summed E-state index contributed by atoms with van der Waals surface area (Å²) in [4.78, 5) is 6.64. The van der Waals surface area contributed by atoms with E-state index in [0.717, 1.165) is 16.2 Å². The minimum absolute atomic E-state index is 0.0552. The van der Waals surface area contributed by atoms with E-state index in [0.29, 0.717) is 31.0 Å². The lowest BCUT2D eigenvalue weighted by Gasteiger charge is -2.28. The largest absolute Gasteiger partial charge is 0.417 e. The van der Waals surface area contributed by atoms with E-state index in [2.05, 4.69) is 20.9 Å². The fourth-order valence-electron chi connectivity index (χ4n) is 3.19. The van der Waals surface area contributed by atoms with Gasteiger partial charge < -0.3 is 9.64 Å². The van der Waals surface area contributed by atoms with Gasteiger partial charge in [-0.3, -0.25) is 4.99 Å². The highest BCUT2D eigenvalue weighted by Gasteiger charge is 2.35. The van der Waals surface area contributed by atoms with Crippen LogP contribution >= 0.6 is 15.9 Å². The lowest BCUT2D eigenvalue weighted by Crippen LogP contribution is -2.37. The summed E-state index contributed by atoms with van der Waals surface area (Å²) in [7, 11) is 1.92. The van der Waals surface area contributed by atoms with Gasteiger partial charge in [-0.25, -0.2) is 0 Å². The fraction of sp³-hybridized carbons (Fsp3) is 0.350. The van der Waals surface area contributed by atoms with Crippen molar-refractivity contribution in [3.05, 3.63) is 63.6 Å². The van der Waals surface area contributed by atoms with Gasteiger partial charge in [0.1, 0.15) is 0 Å². The molecule has 0 spiro atoms. The number of alkyl halides is 3. The van der Waals surface area contributed by atoms with Crippen LogP contribution in [0.2, 0.25) is 0 Å². The van der Waals surface area contributed by atoms with Gasteiger partial charge in [-0.15, -0.1) is 0 Å². The molecule has 1 aliphatic heterocycles. The molecular formula is C20H20BrF3N2O. The zero-order valence-electron chi connectivity index (χ0n) is 15.1. The maximum absolute atomic E-state index is 13.6. The van der Waals surface area contributed by atoms with Gasteiger partial charge in [0.2, 0.25) is 0 Å². The van der Waals surface area contributed by atoms with E-state index < -0.39 is 11.7 Å². The van der Waals surface area contributed by atoms with Crippen molar-refractivity contribution < 1.29 is 17.9 Å². The van der Waals surface area contributed by atoms with Gasteiger partial charge in [0.25, 0.3) is 0 Å². The molecule has 7 heteroatoms. The molecule has 0 saturated carbocycles. The molecule has 0 amide bonds. The molecule has 0 fully saturated rings. The Morgan fingerprint density at radius 2 is 1.93 bits per heavy atom.